The van der Waals surface area contributed by atoms with Crippen molar-refractivity contribution in [1.82, 2.24) is 4.90 Å². The molecule has 1 aromatic carbocycles. The predicted octanol–water partition coefficient (Wildman–Crippen LogP) is 1.47. The van der Waals surface area contributed by atoms with E-state index in [2.05, 4.69) is 23.7 Å². The number of phenolic OH excluding ortho intramolecular Hbond substituents is 1. The summed E-state index contributed by atoms with van der Waals surface area (Å²) in [6.07, 6.45) is 0. The fraction of sp³-hybridized carbons (Fsp3) is 0.417. The maximum absolute atomic E-state index is 9.48. The van der Waals surface area contributed by atoms with Gasteiger partial charge in [0.25, 0.3) is 0 Å². The summed E-state index contributed by atoms with van der Waals surface area (Å²) in [6.45, 7) is 4.83. The molecule has 0 radical (unpaired) electrons. The van der Waals surface area contributed by atoms with Gasteiger partial charge in [0, 0.05) is 6.04 Å². The summed E-state index contributed by atoms with van der Waals surface area (Å²) in [5.41, 5.74) is 6.91. The lowest BCUT2D eigenvalue weighted by Gasteiger charge is -2.30. The summed E-state index contributed by atoms with van der Waals surface area (Å²) in [5, 5.41) is 9.48. The first-order valence-electron chi connectivity index (χ1n) is 5.47. The zero-order valence-electron chi connectivity index (χ0n) is 9.59. The molecule has 16 heavy (non-hydrogen) atoms. The molecule has 86 valence electrons. The number of aliphatic imine (C=N–C) groups is 1. The molecule has 1 unspecified atom stereocenters. The molecule has 0 spiro atoms. The molecule has 0 fully saturated rings. The molecule has 4 nitrogen and oxygen atoms in total. The van der Waals surface area contributed by atoms with E-state index in [9.17, 15) is 5.11 Å². The predicted molar refractivity (Wildman–Crippen MR) is 64.3 cm³/mol. The summed E-state index contributed by atoms with van der Waals surface area (Å²) in [6, 6.07) is 7.73. The normalized spacial score (nSPS) is 20.3. The molecule has 0 saturated carbocycles. The van der Waals surface area contributed by atoms with Gasteiger partial charge in [-0.3, -0.25) is 4.99 Å². The fourth-order valence-electron chi connectivity index (χ4n) is 2.13. The molecular weight excluding hydrogens is 202 g/mol. The highest BCUT2D eigenvalue weighted by Gasteiger charge is 2.29. The van der Waals surface area contributed by atoms with Crippen molar-refractivity contribution in [3.05, 3.63) is 29.8 Å². The van der Waals surface area contributed by atoms with Crippen LogP contribution in [0.3, 0.4) is 0 Å². The smallest absolute Gasteiger partial charge is 0.192 e. The summed E-state index contributed by atoms with van der Waals surface area (Å²) in [5.74, 6) is 0.870. The van der Waals surface area contributed by atoms with Gasteiger partial charge in [-0.25, -0.2) is 0 Å². The van der Waals surface area contributed by atoms with Gasteiger partial charge in [-0.15, -0.1) is 0 Å². The van der Waals surface area contributed by atoms with Crippen LogP contribution in [0.4, 0.5) is 0 Å². The Bertz CT molecular complexity index is 414. The molecule has 0 aliphatic carbocycles. The molecule has 1 aromatic rings. The average Bonchev–Trinajstić information content (AvgIpc) is 2.60. The Labute approximate surface area is 95.4 Å². The third-order valence-electron chi connectivity index (χ3n) is 2.84. The second-order valence-corrected chi connectivity index (χ2v) is 4.31. The summed E-state index contributed by atoms with van der Waals surface area (Å²) < 4.78 is 0. The van der Waals surface area contributed by atoms with Crippen molar-refractivity contribution in [2.24, 2.45) is 10.7 Å². The molecule has 1 aliphatic heterocycles. The van der Waals surface area contributed by atoms with Gasteiger partial charge in [-0.2, -0.15) is 0 Å². The standard InChI is InChI=1S/C12H17N3O/c1-8(2)15-11(7-14-12(15)13)9-4-3-5-10(16)6-9/h3-6,8,11,16H,7H2,1-2H3,(H2,13,14). The molecule has 0 bridgehead atoms. The lowest BCUT2D eigenvalue weighted by atomic mass is 10.0. The molecule has 0 saturated heterocycles. The van der Waals surface area contributed by atoms with Crippen molar-refractivity contribution >= 4 is 5.96 Å². The number of phenols is 1. The fourth-order valence-corrected chi connectivity index (χ4v) is 2.13. The van der Waals surface area contributed by atoms with Crippen molar-refractivity contribution < 1.29 is 5.11 Å². The summed E-state index contributed by atoms with van der Waals surface area (Å²) in [4.78, 5) is 6.34. The Morgan fingerprint density at radius 2 is 2.25 bits per heavy atom. The highest BCUT2D eigenvalue weighted by molar-refractivity contribution is 5.80. The van der Waals surface area contributed by atoms with E-state index < -0.39 is 0 Å². The van der Waals surface area contributed by atoms with Crippen molar-refractivity contribution in [2.45, 2.75) is 25.9 Å². The van der Waals surface area contributed by atoms with Gasteiger partial charge < -0.3 is 15.7 Å². The minimum Gasteiger partial charge on any atom is -0.508 e. The molecule has 1 heterocycles. The molecular formula is C12H17N3O. The number of hydrogen-bond acceptors (Lipinski definition) is 4. The third-order valence-corrected chi connectivity index (χ3v) is 2.84. The van der Waals surface area contributed by atoms with Crippen LogP contribution in [0.25, 0.3) is 0 Å². The minimum absolute atomic E-state index is 0.145. The molecule has 1 atom stereocenters. The van der Waals surface area contributed by atoms with Crippen LogP contribution in [0.1, 0.15) is 25.5 Å². The lowest BCUT2D eigenvalue weighted by Crippen LogP contribution is -2.40. The van der Waals surface area contributed by atoms with E-state index in [0.29, 0.717) is 18.5 Å². The van der Waals surface area contributed by atoms with Crippen LogP contribution >= 0.6 is 0 Å². The van der Waals surface area contributed by atoms with Gasteiger partial charge in [0.2, 0.25) is 0 Å². The Balaban J connectivity index is 2.29. The van der Waals surface area contributed by atoms with Gasteiger partial charge in [0.15, 0.2) is 5.96 Å². The average molecular weight is 219 g/mol. The van der Waals surface area contributed by atoms with E-state index in [-0.39, 0.29) is 11.8 Å². The second-order valence-electron chi connectivity index (χ2n) is 4.31. The van der Waals surface area contributed by atoms with Crippen LogP contribution < -0.4 is 5.73 Å². The third kappa shape index (κ3) is 1.83. The molecule has 2 rings (SSSR count). The molecule has 0 amide bonds. The Kier molecular flexibility index (Phi) is 2.73. The zero-order chi connectivity index (χ0) is 11.7. The topological polar surface area (TPSA) is 61.8 Å². The number of rotatable bonds is 2. The number of benzene rings is 1. The van der Waals surface area contributed by atoms with Crippen LogP contribution in [0.5, 0.6) is 5.75 Å². The largest absolute Gasteiger partial charge is 0.508 e. The second kappa shape index (κ2) is 4.04. The summed E-state index contributed by atoms with van der Waals surface area (Å²) >= 11 is 0. The lowest BCUT2D eigenvalue weighted by molar-refractivity contribution is 0.289. The number of hydrogen-bond donors (Lipinski definition) is 2. The quantitative estimate of drug-likeness (QED) is 0.791. The minimum atomic E-state index is 0.145. The van der Waals surface area contributed by atoms with Gasteiger partial charge in [-0.05, 0) is 31.5 Å². The van der Waals surface area contributed by atoms with E-state index >= 15 is 0 Å². The van der Waals surface area contributed by atoms with Crippen molar-refractivity contribution in [3.8, 4) is 5.75 Å². The van der Waals surface area contributed by atoms with Crippen LogP contribution in [-0.4, -0.2) is 28.6 Å². The van der Waals surface area contributed by atoms with Crippen molar-refractivity contribution in [2.75, 3.05) is 6.54 Å². The molecule has 0 aromatic heterocycles. The monoisotopic (exact) mass is 219 g/mol. The van der Waals surface area contributed by atoms with Crippen LogP contribution in [0, 0.1) is 0 Å². The van der Waals surface area contributed by atoms with Gasteiger partial charge in [-0.1, -0.05) is 12.1 Å². The number of guanidine groups is 1. The molecule has 3 N–H and O–H groups in total. The molecule has 4 heteroatoms. The maximum Gasteiger partial charge on any atom is 0.192 e. The number of nitrogens with zero attached hydrogens (tertiary/aromatic N) is 2. The van der Waals surface area contributed by atoms with E-state index in [1.807, 2.05) is 12.1 Å². The van der Waals surface area contributed by atoms with Crippen molar-refractivity contribution in [3.63, 3.8) is 0 Å². The first kappa shape index (κ1) is 10.8. The van der Waals surface area contributed by atoms with Gasteiger partial charge in [0.05, 0.1) is 12.6 Å². The summed E-state index contributed by atoms with van der Waals surface area (Å²) in [7, 11) is 0. The Morgan fingerprint density at radius 3 is 2.88 bits per heavy atom. The molecule has 1 aliphatic rings. The van der Waals surface area contributed by atoms with Gasteiger partial charge in [0.1, 0.15) is 5.75 Å². The van der Waals surface area contributed by atoms with Crippen molar-refractivity contribution in [1.29, 1.82) is 0 Å². The number of aromatic hydroxyl groups is 1. The van der Waals surface area contributed by atoms with E-state index in [0.717, 1.165) is 5.56 Å². The highest BCUT2D eigenvalue weighted by Crippen LogP contribution is 2.29. The SMILES string of the molecule is CC(C)N1C(N)=NCC1c1cccc(O)c1. The van der Waals surface area contributed by atoms with E-state index in [4.69, 9.17) is 5.73 Å². The zero-order valence-corrected chi connectivity index (χ0v) is 9.59. The van der Waals surface area contributed by atoms with Crippen LogP contribution in [0.15, 0.2) is 29.3 Å². The van der Waals surface area contributed by atoms with E-state index in [1.54, 1.807) is 12.1 Å². The van der Waals surface area contributed by atoms with E-state index in [1.165, 1.54) is 0 Å². The maximum atomic E-state index is 9.48. The first-order valence-corrected chi connectivity index (χ1v) is 5.47. The van der Waals surface area contributed by atoms with Crippen LogP contribution in [-0.2, 0) is 0 Å². The van der Waals surface area contributed by atoms with Crippen LogP contribution in [0.2, 0.25) is 0 Å². The highest BCUT2D eigenvalue weighted by atomic mass is 16.3. The first-order chi connectivity index (χ1) is 7.59. The Hall–Kier alpha value is -1.71. The number of nitrogens with two attached hydrogens (primary N) is 1. The van der Waals surface area contributed by atoms with Gasteiger partial charge >= 0.3 is 0 Å². The Morgan fingerprint density at radius 1 is 1.50 bits per heavy atom.